The summed E-state index contributed by atoms with van der Waals surface area (Å²) in [6.45, 7) is -0.127. The molecule has 6 heteroatoms. The molecule has 0 bridgehead atoms. The summed E-state index contributed by atoms with van der Waals surface area (Å²) in [5.41, 5.74) is 0.670. The second kappa shape index (κ2) is 5.64. The molecule has 20 heavy (non-hydrogen) atoms. The molecule has 1 aromatic carbocycles. The van der Waals surface area contributed by atoms with Gasteiger partial charge >= 0.3 is 5.97 Å². The Kier molecular flexibility index (Phi) is 3.93. The van der Waals surface area contributed by atoms with Gasteiger partial charge in [0.1, 0.15) is 5.82 Å². The lowest BCUT2D eigenvalue weighted by atomic mass is 10.1. The number of carboxylic acid groups (broad SMARTS) is 1. The summed E-state index contributed by atoms with van der Waals surface area (Å²) < 4.78 is 13.7. The summed E-state index contributed by atoms with van der Waals surface area (Å²) in [6, 6.07) is 4.03. The highest BCUT2D eigenvalue weighted by Gasteiger charge is 2.29. The third kappa shape index (κ3) is 3.09. The fraction of sp³-hybridized carbons (Fsp3) is 0.214. The Labute approximate surface area is 114 Å². The fourth-order valence-electron chi connectivity index (χ4n) is 1.96. The molecule has 1 saturated heterocycles. The molecule has 0 spiro atoms. The van der Waals surface area contributed by atoms with Gasteiger partial charge < -0.3 is 5.11 Å². The van der Waals surface area contributed by atoms with E-state index in [0.29, 0.717) is 5.56 Å². The molecule has 5 nitrogen and oxygen atoms in total. The van der Waals surface area contributed by atoms with Gasteiger partial charge in [0.25, 0.3) is 0 Å². The zero-order chi connectivity index (χ0) is 14.7. The molecule has 2 amide bonds. The maximum absolute atomic E-state index is 13.7. The summed E-state index contributed by atoms with van der Waals surface area (Å²) in [5.74, 6) is -2.28. The van der Waals surface area contributed by atoms with E-state index in [1.807, 2.05) is 0 Å². The SMILES string of the molecule is O=C(O)C=Cc1ccc(F)c(CN2C(=O)CCC2=O)c1. The Morgan fingerprint density at radius 3 is 2.55 bits per heavy atom. The van der Waals surface area contributed by atoms with Crippen LogP contribution in [0.25, 0.3) is 6.08 Å². The first-order valence-corrected chi connectivity index (χ1v) is 6.00. The lowest BCUT2D eigenvalue weighted by Gasteiger charge is -2.14. The molecule has 1 fully saturated rings. The number of carbonyl (C=O) groups excluding carboxylic acids is 2. The lowest BCUT2D eigenvalue weighted by Crippen LogP contribution is -2.28. The summed E-state index contributed by atoms with van der Waals surface area (Å²) in [7, 11) is 0. The second-order valence-electron chi connectivity index (χ2n) is 4.40. The van der Waals surface area contributed by atoms with Crippen LogP contribution in [-0.4, -0.2) is 27.8 Å². The van der Waals surface area contributed by atoms with Crippen molar-refractivity contribution in [3.05, 3.63) is 41.2 Å². The van der Waals surface area contributed by atoms with Crippen molar-refractivity contribution in [1.29, 1.82) is 0 Å². The highest BCUT2D eigenvalue weighted by molar-refractivity contribution is 6.01. The van der Waals surface area contributed by atoms with E-state index in [0.717, 1.165) is 11.0 Å². The molecule has 2 rings (SSSR count). The molecule has 1 aliphatic heterocycles. The third-order valence-corrected chi connectivity index (χ3v) is 2.97. The van der Waals surface area contributed by atoms with Crippen molar-refractivity contribution in [2.75, 3.05) is 0 Å². The molecule has 0 atom stereocenters. The van der Waals surface area contributed by atoms with Crippen LogP contribution < -0.4 is 0 Å². The van der Waals surface area contributed by atoms with E-state index in [9.17, 15) is 18.8 Å². The molecule has 1 heterocycles. The van der Waals surface area contributed by atoms with Gasteiger partial charge in [0, 0.05) is 24.5 Å². The number of likely N-dealkylation sites (tertiary alicyclic amines) is 1. The van der Waals surface area contributed by atoms with E-state index in [2.05, 4.69) is 0 Å². The standard InChI is InChI=1S/C14H12FNO4/c15-11-3-1-9(2-6-14(19)20)7-10(11)8-16-12(17)4-5-13(16)18/h1-3,6-7H,4-5,8H2,(H,19,20). The van der Waals surface area contributed by atoms with Crippen LogP contribution in [0.4, 0.5) is 4.39 Å². The molecule has 1 aromatic rings. The number of aliphatic carboxylic acids is 1. The fourth-order valence-corrected chi connectivity index (χ4v) is 1.96. The van der Waals surface area contributed by atoms with Crippen molar-refractivity contribution < 1.29 is 23.9 Å². The average Bonchev–Trinajstić information content (AvgIpc) is 2.71. The maximum atomic E-state index is 13.7. The van der Waals surface area contributed by atoms with E-state index < -0.39 is 11.8 Å². The number of nitrogens with zero attached hydrogens (tertiary/aromatic N) is 1. The Morgan fingerprint density at radius 1 is 1.30 bits per heavy atom. The molecular weight excluding hydrogens is 265 g/mol. The van der Waals surface area contributed by atoms with E-state index in [1.165, 1.54) is 24.3 Å². The number of benzene rings is 1. The van der Waals surface area contributed by atoms with Gasteiger partial charge in [-0.2, -0.15) is 0 Å². The quantitative estimate of drug-likeness (QED) is 0.669. The number of rotatable bonds is 4. The monoisotopic (exact) mass is 277 g/mol. The number of amides is 2. The predicted molar refractivity (Wildman–Crippen MR) is 67.9 cm³/mol. The predicted octanol–water partition coefficient (Wildman–Crippen LogP) is 1.57. The molecule has 1 N–H and O–H groups in total. The van der Waals surface area contributed by atoms with Crippen LogP contribution in [0.2, 0.25) is 0 Å². The highest BCUT2D eigenvalue weighted by atomic mass is 19.1. The minimum Gasteiger partial charge on any atom is -0.478 e. The number of hydrogen-bond acceptors (Lipinski definition) is 3. The van der Waals surface area contributed by atoms with E-state index in [1.54, 1.807) is 0 Å². The Balaban J connectivity index is 2.22. The number of imide groups is 1. The molecule has 0 aliphatic carbocycles. The van der Waals surface area contributed by atoms with Crippen molar-refractivity contribution in [3.8, 4) is 0 Å². The second-order valence-corrected chi connectivity index (χ2v) is 4.40. The minimum absolute atomic E-state index is 0.127. The van der Waals surface area contributed by atoms with Crippen LogP contribution in [-0.2, 0) is 20.9 Å². The van der Waals surface area contributed by atoms with E-state index >= 15 is 0 Å². The molecular formula is C14H12FNO4. The van der Waals surface area contributed by atoms with Crippen LogP contribution in [0.15, 0.2) is 24.3 Å². The van der Waals surface area contributed by atoms with Crippen LogP contribution in [0.1, 0.15) is 24.0 Å². The molecule has 0 unspecified atom stereocenters. The first kappa shape index (κ1) is 13.9. The summed E-state index contributed by atoms with van der Waals surface area (Å²) in [6.07, 6.45) is 2.56. The first-order chi connectivity index (χ1) is 9.47. The zero-order valence-corrected chi connectivity index (χ0v) is 10.5. The Morgan fingerprint density at radius 2 is 1.95 bits per heavy atom. The average molecular weight is 277 g/mol. The van der Waals surface area contributed by atoms with Crippen molar-refractivity contribution >= 4 is 23.9 Å². The van der Waals surface area contributed by atoms with Gasteiger partial charge in [0.15, 0.2) is 0 Å². The molecule has 104 valence electrons. The van der Waals surface area contributed by atoms with Crippen LogP contribution in [0.5, 0.6) is 0 Å². The van der Waals surface area contributed by atoms with Crippen molar-refractivity contribution in [3.63, 3.8) is 0 Å². The normalized spacial score (nSPS) is 15.3. The number of halogens is 1. The summed E-state index contributed by atoms with van der Waals surface area (Å²) >= 11 is 0. The van der Waals surface area contributed by atoms with Gasteiger partial charge in [-0.05, 0) is 23.8 Å². The minimum atomic E-state index is -1.11. The third-order valence-electron chi connectivity index (χ3n) is 2.97. The van der Waals surface area contributed by atoms with Gasteiger partial charge in [0.05, 0.1) is 6.54 Å². The first-order valence-electron chi connectivity index (χ1n) is 6.00. The van der Waals surface area contributed by atoms with Crippen LogP contribution >= 0.6 is 0 Å². The maximum Gasteiger partial charge on any atom is 0.328 e. The van der Waals surface area contributed by atoms with Crippen LogP contribution in [0, 0.1) is 5.82 Å². The number of carbonyl (C=O) groups is 3. The molecule has 0 aromatic heterocycles. The van der Waals surface area contributed by atoms with Crippen LogP contribution in [0.3, 0.4) is 0 Å². The number of carboxylic acids is 1. The van der Waals surface area contributed by atoms with Crippen molar-refractivity contribution in [2.45, 2.75) is 19.4 Å². The van der Waals surface area contributed by atoms with E-state index in [-0.39, 0.29) is 36.8 Å². The van der Waals surface area contributed by atoms with Gasteiger partial charge in [0.2, 0.25) is 11.8 Å². The largest absolute Gasteiger partial charge is 0.478 e. The molecule has 0 radical (unpaired) electrons. The molecule has 0 saturated carbocycles. The Hall–Kier alpha value is -2.50. The van der Waals surface area contributed by atoms with E-state index in [4.69, 9.17) is 5.11 Å². The summed E-state index contributed by atoms with van der Waals surface area (Å²) in [5, 5.41) is 8.54. The highest BCUT2D eigenvalue weighted by Crippen LogP contribution is 2.19. The van der Waals surface area contributed by atoms with Crippen molar-refractivity contribution in [2.24, 2.45) is 0 Å². The Bertz CT molecular complexity index is 593. The number of hydrogen-bond donors (Lipinski definition) is 1. The summed E-state index contributed by atoms with van der Waals surface area (Å²) in [4.78, 5) is 34.4. The van der Waals surface area contributed by atoms with Gasteiger partial charge in [-0.3, -0.25) is 14.5 Å². The zero-order valence-electron chi connectivity index (χ0n) is 10.5. The van der Waals surface area contributed by atoms with Crippen molar-refractivity contribution in [1.82, 2.24) is 4.90 Å². The smallest absolute Gasteiger partial charge is 0.328 e. The van der Waals surface area contributed by atoms with Gasteiger partial charge in [-0.15, -0.1) is 0 Å². The molecule has 1 aliphatic rings. The topological polar surface area (TPSA) is 74.7 Å². The van der Waals surface area contributed by atoms with Gasteiger partial charge in [-0.1, -0.05) is 6.07 Å². The lowest BCUT2D eigenvalue weighted by molar-refractivity contribution is -0.139. The van der Waals surface area contributed by atoms with Gasteiger partial charge in [-0.25, -0.2) is 9.18 Å².